The SMILES string of the molecule is COc1ccc(C(N)=C(C)C(N)=S)cc1. The van der Waals surface area contributed by atoms with Gasteiger partial charge in [0.25, 0.3) is 0 Å². The molecule has 0 unspecified atom stereocenters. The monoisotopic (exact) mass is 222 g/mol. The average molecular weight is 222 g/mol. The van der Waals surface area contributed by atoms with Crippen LogP contribution in [0.4, 0.5) is 0 Å². The van der Waals surface area contributed by atoms with Gasteiger partial charge in [0, 0.05) is 11.3 Å². The lowest BCUT2D eigenvalue weighted by Crippen LogP contribution is -2.14. The smallest absolute Gasteiger partial charge is 0.118 e. The Labute approximate surface area is 94.7 Å². The van der Waals surface area contributed by atoms with Gasteiger partial charge in [0.1, 0.15) is 10.7 Å². The van der Waals surface area contributed by atoms with Crippen LogP contribution in [0.15, 0.2) is 29.8 Å². The van der Waals surface area contributed by atoms with Gasteiger partial charge in [-0.3, -0.25) is 0 Å². The summed E-state index contributed by atoms with van der Waals surface area (Å²) in [6.07, 6.45) is 0. The van der Waals surface area contributed by atoms with Gasteiger partial charge >= 0.3 is 0 Å². The molecule has 0 aliphatic heterocycles. The van der Waals surface area contributed by atoms with Crippen LogP contribution in [0, 0.1) is 0 Å². The standard InChI is InChI=1S/C11H14N2OS/c1-7(11(13)15)10(12)8-3-5-9(14-2)6-4-8/h3-6H,12H2,1-2H3,(H2,13,15). The number of hydrogen-bond acceptors (Lipinski definition) is 3. The summed E-state index contributed by atoms with van der Waals surface area (Å²) in [6, 6.07) is 7.43. The van der Waals surface area contributed by atoms with Crippen LogP contribution in [0.3, 0.4) is 0 Å². The van der Waals surface area contributed by atoms with E-state index < -0.39 is 0 Å². The van der Waals surface area contributed by atoms with Crippen LogP contribution in [0.2, 0.25) is 0 Å². The first-order chi connectivity index (χ1) is 7.06. The molecular weight excluding hydrogens is 208 g/mol. The molecule has 0 amide bonds. The molecule has 1 rings (SSSR count). The highest BCUT2D eigenvalue weighted by atomic mass is 32.1. The largest absolute Gasteiger partial charge is 0.497 e. The lowest BCUT2D eigenvalue weighted by atomic mass is 10.1. The number of thiocarbonyl (C=S) groups is 1. The topological polar surface area (TPSA) is 61.3 Å². The molecule has 0 heterocycles. The minimum absolute atomic E-state index is 0.323. The molecule has 0 aliphatic carbocycles. The predicted octanol–water partition coefficient (Wildman–Crippen LogP) is 1.67. The number of nitrogens with two attached hydrogens (primary N) is 2. The molecule has 0 radical (unpaired) electrons. The maximum Gasteiger partial charge on any atom is 0.118 e. The minimum Gasteiger partial charge on any atom is -0.497 e. The van der Waals surface area contributed by atoms with E-state index in [-0.39, 0.29) is 0 Å². The Morgan fingerprint density at radius 2 is 1.73 bits per heavy atom. The van der Waals surface area contributed by atoms with Crippen molar-refractivity contribution in [2.75, 3.05) is 7.11 Å². The summed E-state index contributed by atoms with van der Waals surface area (Å²) in [6.45, 7) is 1.81. The summed E-state index contributed by atoms with van der Waals surface area (Å²) >= 11 is 4.86. The van der Waals surface area contributed by atoms with Crippen LogP contribution < -0.4 is 16.2 Å². The Kier molecular flexibility index (Phi) is 3.68. The summed E-state index contributed by atoms with van der Waals surface area (Å²) in [7, 11) is 1.62. The zero-order chi connectivity index (χ0) is 11.4. The summed E-state index contributed by atoms with van der Waals surface area (Å²) < 4.78 is 5.05. The van der Waals surface area contributed by atoms with Crippen LogP contribution in [0.1, 0.15) is 12.5 Å². The second-order valence-corrected chi connectivity index (χ2v) is 3.57. The van der Waals surface area contributed by atoms with Gasteiger partial charge in [-0.05, 0) is 36.8 Å². The predicted molar refractivity (Wildman–Crippen MR) is 66.6 cm³/mol. The fraction of sp³-hybridized carbons (Fsp3) is 0.182. The van der Waals surface area contributed by atoms with Crippen LogP contribution in [0.25, 0.3) is 5.70 Å². The van der Waals surface area contributed by atoms with E-state index >= 15 is 0 Å². The zero-order valence-corrected chi connectivity index (χ0v) is 9.60. The highest BCUT2D eigenvalue weighted by Crippen LogP contribution is 2.17. The van der Waals surface area contributed by atoms with Gasteiger partial charge in [-0.1, -0.05) is 12.2 Å². The van der Waals surface area contributed by atoms with E-state index in [2.05, 4.69) is 0 Å². The van der Waals surface area contributed by atoms with Gasteiger partial charge in [-0.2, -0.15) is 0 Å². The van der Waals surface area contributed by atoms with Crippen molar-refractivity contribution < 1.29 is 4.74 Å². The average Bonchev–Trinajstić information content (AvgIpc) is 2.27. The van der Waals surface area contributed by atoms with Crippen molar-refractivity contribution in [2.24, 2.45) is 11.5 Å². The van der Waals surface area contributed by atoms with Gasteiger partial charge in [0.2, 0.25) is 0 Å². The fourth-order valence-corrected chi connectivity index (χ4v) is 1.23. The van der Waals surface area contributed by atoms with E-state index in [0.29, 0.717) is 10.7 Å². The first kappa shape index (κ1) is 11.5. The third-order valence-electron chi connectivity index (χ3n) is 2.17. The van der Waals surface area contributed by atoms with Crippen LogP contribution in [0.5, 0.6) is 5.75 Å². The quantitative estimate of drug-likeness (QED) is 0.603. The van der Waals surface area contributed by atoms with Crippen LogP contribution in [-0.2, 0) is 0 Å². The normalized spacial score (nSPS) is 11.9. The third-order valence-corrected chi connectivity index (χ3v) is 2.48. The van der Waals surface area contributed by atoms with E-state index in [1.807, 2.05) is 31.2 Å². The van der Waals surface area contributed by atoms with Crippen LogP contribution >= 0.6 is 12.2 Å². The van der Waals surface area contributed by atoms with Crippen molar-refractivity contribution in [1.29, 1.82) is 0 Å². The molecule has 0 atom stereocenters. The van der Waals surface area contributed by atoms with Crippen LogP contribution in [-0.4, -0.2) is 12.1 Å². The van der Waals surface area contributed by atoms with Crippen molar-refractivity contribution in [1.82, 2.24) is 0 Å². The number of hydrogen-bond donors (Lipinski definition) is 2. The number of ether oxygens (including phenoxy) is 1. The Morgan fingerprint density at radius 3 is 2.13 bits per heavy atom. The Balaban J connectivity index is 3.07. The van der Waals surface area contributed by atoms with E-state index in [1.165, 1.54) is 0 Å². The first-order valence-electron chi connectivity index (χ1n) is 4.47. The zero-order valence-electron chi connectivity index (χ0n) is 8.78. The van der Waals surface area contributed by atoms with Crippen molar-refractivity contribution >= 4 is 22.9 Å². The molecular formula is C11H14N2OS. The third kappa shape index (κ3) is 2.70. The molecule has 0 bridgehead atoms. The molecule has 0 fully saturated rings. The minimum atomic E-state index is 0.323. The lowest BCUT2D eigenvalue weighted by molar-refractivity contribution is 0.415. The summed E-state index contributed by atoms with van der Waals surface area (Å²) in [5, 5.41) is 0. The molecule has 4 heteroatoms. The van der Waals surface area contributed by atoms with Crippen molar-refractivity contribution in [3.8, 4) is 5.75 Å². The highest BCUT2D eigenvalue weighted by molar-refractivity contribution is 7.80. The number of rotatable bonds is 3. The fourth-order valence-electron chi connectivity index (χ4n) is 1.12. The first-order valence-corrected chi connectivity index (χ1v) is 4.87. The van der Waals surface area contributed by atoms with Gasteiger partial charge in [0.15, 0.2) is 0 Å². The van der Waals surface area contributed by atoms with Gasteiger partial charge in [-0.15, -0.1) is 0 Å². The van der Waals surface area contributed by atoms with E-state index in [4.69, 9.17) is 28.4 Å². The van der Waals surface area contributed by atoms with Crippen molar-refractivity contribution in [3.05, 3.63) is 35.4 Å². The summed E-state index contributed by atoms with van der Waals surface area (Å²) in [5.41, 5.74) is 13.6. The summed E-state index contributed by atoms with van der Waals surface area (Å²) in [4.78, 5) is 0.323. The Morgan fingerprint density at radius 1 is 1.20 bits per heavy atom. The Hall–Kier alpha value is -1.55. The summed E-state index contributed by atoms with van der Waals surface area (Å²) in [5.74, 6) is 0.791. The highest BCUT2D eigenvalue weighted by Gasteiger charge is 2.03. The van der Waals surface area contributed by atoms with Gasteiger partial charge < -0.3 is 16.2 Å². The van der Waals surface area contributed by atoms with Crippen molar-refractivity contribution in [3.63, 3.8) is 0 Å². The van der Waals surface area contributed by atoms with E-state index in [1.54, 1.807) is 7.11 Å². The second-order valence-electron chi connectivity index (χ2n) is 3.13. The number of benzene rings is 1. The molecule has 0 aromatic heterocycles. The molecule has 1 aromatic carbocycles. The maximum atomic E-state index is 5.90. The molecule has 0 spiro atoms. The maximum absolute atomic E-state index is 5.90. The molecule has 80 valence electrons. The van der Waals surface area contributed by atoms with Crippen molar-refractivity contribution in [2.45, 2.75) is 6.92 Å². The van der Waals surface area contributed by atoms with E-state index in [0.717, 1.165) is 16.9 Å². The van der Waals surface area contributed by atoms with Gasteiger partial charge in [0.05, 0.1) is 7.11 Å². The second kappa shape index (κ2) is 4.79. The molecule has 0 saturated heterocycles. The molecule has 3 nitrogen and oxygen atoms in total. The lowest BCUT2D eigenvalue weighted by Gasteiger charge is -2.07. The Bertz CT molecular complexity index is 396. The molecule has 0 aliphatic rings. The molecule has 1 aromatic rings. The molecule has 0 saturated carbocycles. The molecule has 4 N–H and O–H groups in total. The molecule has 15 heavy (non-hydrogen) atoms. The van der Waals surface area contributed by atoms with Gasteiger partial charge in [-0.25, -0.2) is 0 Å². The van der Waals surface area contributed by atoms with E-state index in [9.17, 15) is 0 Å². The number of methoxy groups -OCH3 is 1.